The number of nitrogens with zero attached hydrogens (tertiary/aromatic N) is 3. The standard InChI is InChI=1S/C24H28N4OS/c1-18-10-8-9-15-21(18)25-23(29)17-30-24-27-26-22(16-19-11-4-2-5-12-19)28(24)20-13-6-3-7-14-20/h2-7,11-14,18,21H,8-10,15-17H2,1H3,(H,25,29)/t18-,21+/m0/s1. The third-order valence-corrected chi connectivity index (χ3v) is 6.64. The minimum atomic E-state index is 0.0750. The second-order valence-corrected chi connectivity index (χ2v) is 8.90. The average Bonchev–Trinajstić information content (AvgIpc) is 3.17. The SMILES string of the molecule is C[C@H]1CCCC[C@H]1NC(=O)CSc1nnc(Cc2ccccc2)n1-c1ccccc1. The third-order valence-electron chi connectivity index (χ3n) is 5.71. The van der Waals surface area contributed by atoms with E-state index in [9.17, 15) is 4.79 Å². The van der Waals surface area contributed by atoms with Crippen molar-refractivity contribution in [3.8, 4) is 5.69 Å². The predicted octanol–water partition coefficient (Wildman–Crippen LogP) is 4.65. The van der Waals surface area contributed by atoms with Crippen molar-refractivity contribution in [2.45, 2.75) is 50.2 Å². The summed E-state index contributed by atoms with van der Waals surface area (Å²) < 4.78 is 2.06. The number of carbonyl (C=O) groups is 1. The largest absolute Gasteiger partial charge is 0.352 e. The number of benzene rings is 2. The number of hydrogen-bond donors (Lipinski definition) is 1. The summed E-state index contributed by atoms with van der Waals surface area (Å²) in [6.07, 6.45) is 5.44. The number of amides is 1. The van der Waals surface area contributed by atoms with E-state index in [0.717, 1.165) is 23.1 Å². The van der Waals surface area contributed by atoms with Gasteiger partial charge in [0.1, 0.15) is 5.82 Å². The highest BCUT2D eigenvalue weighted by Gasteiger charge is 2.23. The van der Waals surface area contributed by atoms with Crippen LogP contribution in [0.4, 0.5) is 0 Å². The van der Waals surface area contributed by atoms with Crippen LogP contribution in [0.2, 0.25) is 0 Å². The van der Waals surface area contributed by atoms with Gasteiger partial charge in [-0.05, 0) is 36.5 Å². The van der Waals surface area contributed by atoms with Crippen molar-refractivity contribution in [2.24, 2.45) is 5.92 Å². The molecule has 3 aromatic rings. The number of aromatic nitrogens is 3. The highest BCUT2D eigenvalue weighted by molar-refractivity contribution is 7.99. The van der Waals surface area contributed by atoms with Gasteiger partial charge in [0.25, 0.3) is 0 Å². The Morgan fingerprint density at radius 3 is 2.47 bits per heavy atom. The maximum Gasteiger partial charge on any atom is 0.230 e. The first kappa shape index (κ1) is 20.7. The van der Waals surface area contributed by atoms with E-state index >= 15 is 0 Å². The van der Waals surface area contributed by atoms with E-state index in [1.165, 1.54) is 36.6 Å². The third kappa shape index (κ3) is 5.11. The lowest BCUT2D eigenvalue weighted by atomic mass is 9.86. The van der Waals surface area contributed by atoms with E-state index in [-0.39, 0.29) is 5.91 Å². The molecule has 1 aromatic heterocycles. The van der Waals surface area contributed by atoms with Crippen molar-refractivity contribution < 1.29 is 4.79 Å². The molecular weight excluding hydrogens is 392 g/mol. The highest BCUT2D eigenvalue weighted by atomic mass is 32.2. The summed E-state index contributed by atoms with van der Waals surface area (Å²) in [6, 6.07) is 20.7. The molecule has 1 N–H and O–H groups in total. The second kappa shape index (κ2) is 9.94. The van der Waals surface area contributed by atoms with Gasteiger partial charge in [0.15, 0.2) is 5.16 Å². The maximum atomic E-state index is 12.6. The quantitative estimate of drug-likeness (QED) is 0.566. The Morgan fingerprint density at radius 2 is 1.73 bits per heavy atom. The Morgan fingerprint density at radius 1 is 1.03 bits per heavy atom. The van der Waals surface area contributed by atoms with Gasteiger partial charge < -0.3 is 5.32 Å². The summed E-state index contributed by atoms with van der Waals surface area (Å²) >= 11 is 1.45. The van der Waals surface area contributed by atoms with Gasteiger partial charge in [-0.1, -0.05) is 80.1 Å². The fourth-order valence-electron chi connectivity index (χ4n) is 4.03. The number of rotatable bonds is 7. The molecule has 2 atom stereocenters. The van der Waals surface area contributed by atoms with Gasteiger partial charge in [0, 0.05) is 18.2 Å². The minimum Gasteiger partial charge on any atom is -0.352 e. The second-order valence-electron chi connectivity index (χ2n) is 7.96. The zero-order valence-corrected chi connectivity index (χ0v) is 18.1. The van der Waals surface area contributed by atoms with Crippen LogP contribution in [0.25, 0.3) is 5.69 Å². The van der Waals surface area contributed by atoms with Crippen LogP contribution in [0.3, 0.4) is 0 Å². The highest BCUT2D eigenvalue weighted by Crippen LogP contribution is 2.25. The van der Waals surface area contributed by atoms with Crippen LogP contribution in [0.15, 0.2) is 65.8 Å². The molecule has 1 fully saturated rings. The number of hydrogen-bond acceptors (Lipinski definition) is 4. The molecule has 1 aliphatic carbocycles. The molecule has 1 aliphatic rings. The summed E-state index contributed by atoms with van der Waals surface area (Å²) in [5.41, 5.74) is 2.19. The molecule has 0 bridgehead atoms. The molecule has 1 saturated carbocycles. The van der Waals surface area contributed by atoms with E-state index in [0.29, 0.717) is 24.1 Å². The van der Waals surface area contributed by atoms with Gasteiger partial charge >= 0.3 is 0 Å². The van der Waals surface area contributed by atoms with Crippen molar-refractivity contribution in [1.82, 2.24) is 20.1 Å². The van der Waals surface area contributed by atoms with Crippen molar-refractivity contribution in [3.63, 3.8) is 0 Å². The van der Waals surface area contributed by atoms with Crippen LogP contribution < -0.4 is 5.32 Å². The molecule has 6 heteroatoms. The molecule has 2 aromatic carbocycles. The number of carbonyl (C=O) groups excluding carboxylic acids is 1. The number of para-hydroxylation sites is 1. The monoisotopic (exact) mass is 420 g/mol. The summed E-state index contributed by atoms with van der Waals surface area (Å²) in [4.78, 5) is 12.6. The van der Waals surface area contributed by atoms with E-state index in [2.05, 4.69) is 39.1 Å². The molecule has 0 saturated heterocycles. The Balaban J connectivity index is 1.49. The number of thioether (sulfide) groups is 1. The first-order valence-electron chi connectivity index (χ1n) is 10.7. The van der Waals surface area contributed by atoms with Gasteiger partial charge in [-0.25, -0.2) is 0 Å². The van der Waals surface area contributed by atoms with Gasteiger partial charge in [-0.15, -0.1) is 10.2 Å². The van der Waals surface area contributed by atoms with Gasteiger partial charge in [0.05, 0.1) is 5.75 Å². The van der Waals surface area contributed by atoms with Crippen LogP contribution in [-0.4, -0.2) is 32.5 Å². The van der Waals surface area contributed by atoms with Crippen molar-refractivity contribution >= 4 is 17.7 Å². The fourth-order valence-corrected chi connectivity index (χ4v) is 4.81. The molecule has 0 aliphatic heterocycles. The van der Waals surface area contributed by atoms with Crippen LogP contribution in [-0.2, 0) is 11.2 Å². The van der Waals surface area contributed by atoms with Crippen molar-refractivity contribution in [2.75, 3.05) is 5.75 Å². The molecule has 1 amide bonds. The van der Waals surface area contributed by atoms with Gasteiger partial charge in [-0.3, -0.25) is 9.36 Å². The van der Waals surface area contributed by atoms with Crippen LogP contribution >= 0.6 is 11.8 Å². The molecule has 4 rings (SSSR count). The summed E-state index contributed by atoms with van der Waals surface area (Å²) in [5.74, 6) is 1.85. The molecule has 1 heterocycles. The van der Waals surface area contributed by atoms with Crippen molar-refractivity contribution in [1.29, 1.82) is 0 Å². The lowest BCUT2D eigenvalue weighted by Crippen LogP contribution is -2.41. The molecular formula is C24H28N4OS. The molecule has 30 heavy (non-hydrogen) atoms. The van der Waals surface area contributed by atoms with Gasteiger partial charge in [0.2, 0.25) is 5.91 Å². The smallest absolute Gasteiger partial charge is 0.230 e. The van der Waals surface area contributed by atoms with Gasteiger partial charge in [-0.2, -0.15) is 0 Å². The van der Waals surface area contributed by atoms with Crippen LogP contribution in [0, 0.1) is 5.92 Å². The zero-order chi connectivity index (χ0) is 20.8. The van der Waals surface area contributed by atoms with E-state index < -0.39 is 0 Å². The van der Waals surface area contributed by atoms with E-state index in [1.54, 1.807) is 0 Å². The number of nitrogens with one attached hydrogen (secondary N) is 1. The predicted molar refractivity (Wildman–Crippen MR) is 121 cm³/mol. The molecule has 5 nitrogen and oxygen atoms in total. The maximum absolute atomic E-state index is 12.6. The fraction of sp³-hybridized carbons (Fsp3) is 0.375. The minimum absolute atomic E-state index is 0.0750. The van der Waals surface area contributed by atoms with Crippen molar-refractivity contribution in [3.05, 3.63) is 72.1 Å². The topological polar surface area (TPSA) is 59.8 Å². The average molecular weight is 421 g/mol. The summed E-state index contributed by atoms with van der Waals surface area (Å²) in [6.45, 7) is 2.24. The molecule has 0 unspecified atom stereocenters. The Hall–Kier alpha value is -2.60. The lowest BCUT2D eigenvalue weighted by Gasteiger charge is -2.29. The molecule has 0 radical (unpaired) electrons. The molecule has 0 spiro atoms. The molecule has 156 valence electrons. The summed E-state index contributed by atoms with van der Waals surface area (Å²) in [5, 5.41) is 12.8. The Labute approximate surface area is 182 Å². The van der Waals surface area contributed by atoms with E-state index in [1.807, 2.05) is 48.5 Å². The first-order chi connectivity index (χ1) is 14.7. The normalized spacial score (nSPS) is 18.8. The first-order valence-corrected chi connectivity index (χ1v) is 11.6. The summed E-state index contributed by atoms with van der Waals surface area (Å²) in [7, 11) is 0. The van der Waals surface area contributed by atoms with E-state index in [4.69, 9.17) is 0 Å². The lowest BCUT2D eigenvalue weighted by molar-refractivity contribution is -0.119. The Bertz CT molecular complexity index is 958. The van der Waals surface area contributed by atoms with Crippen LogP contribution in [0.5, 0.6) is 0 Å². The van der Waals surface area contributed by atoms with Crippen LogP contribution in [0.1, 0.15) is 44.0 Å². The zero-order valence-electron chi connectivity index (χ0n) is 17.3. The Kier molecular flexibility index (Phi) is 6.84.